The Morgan fingerprint density at radius 1 is 1.26 bits per heavy atom. The van der Waals surface area contributed by atoms with E-state index in [1.54, 1.807) is 6.07 Å². The molecule has 140 valence electrons. The van der Waals surface area contributed by atoms with E-state index in [-0.39, 0.29) is 12.5 Å². The SMILES string of the molecule is Cc1cccc(-n2c(COc3cc(C)c(N=O)cc3C(C)C)n[nH]c2=S)c1. The minimum atomic E-state index is 0.193. The molecule has 0 aliphatic carbocycles. The van der Waals surface area contributed by atoms with E-state index in [0.717, 1.165) is 28.1 Å². The fraction of sp³-hybridized carbons (Fsp3) is 0.300. The summed E-state index contributed by atoms with van der Waals surface area (Å²) < 4.78 is 8.46. The lowest BCUT2D eigenvalue weighted by Gasteiger charge is -2.16. The lowest BCUT2D eigenvalue weighted by Crippen LogP contribution is -2.07. The largest absolute Gasteiger partial charge is 0.485 e. The Morgan fingerprint density at radius 3 is 2.70 bits per heavy atom. The number of nitrogens with one attached hydrogen (secondary N) is 1. The molecule has 0 aliphatic rings. The van der Waals surface area contributed by atoms with Crippen LogP contribution in [0.15, 0.2) is 41.6 Å². The molecule has 2 aromatic carbocycles. The smallest absolute Gasteiger partial charge is 0.199 e. The van der Waals surface area contributed by atoms with Gasteiger partial charge in [0.05, 0.1) is 5.69 Å². The van der Waals surface area contributed by atoms with Crippen molar-refractivity contribution in [2.45, 2.75) is 40.2 Å². The number of hydrogen-bond acceptors (Lipinski definition) is 5. The minimum Gasteiger partial charge on any atom is -0.485 e. The van der Waals surface area contributed by atoms with E-state index in [2.05, 4.69) is 29.2 Å². The quantitative estimate of drug-likeness (QED) is 0.442. The molecule has 1 heterocycles. The number of nitroso groups, excluding NO2 is 1. The number of aromatic amines is 1. The number of ether oxygens (including phenoxy) is 1. The van der Waals surface area contributed by atoms with Gasteiger partial charge in [0.15, 0.2) is 10.6 Å². The van der Waals surface area contributed by atoms with Crippen LogP contribution in [0, 0.1) is 23.5 Å². The molecule has 0 aliphatic heterocycles. The van der Waals surface area contributed by atoms with E-state index < -0.39 is 0 Å². The van der Waals surface area contributed by atoms with Crippen molar-refractivity contribution < 1.29 is 4.74 Å². The molecule has 0 spiro atoms. The maximum absolute atomic E-state index is 11.0. The van der Waals surface area contributed by atoms with E-state index in [1.807, 2.05) is 48.7 Å². The van der Waals surface area contributed by atoms with Crippen LogP contribution < -0.4 is 4.74 Å². The molecule has 0 radical (unpaired) electrons. The Balaban J connectivity index is 1.94. The van der Waals surface area contributed by atoms with E-state index in [4.69, 9.17) is 17.0 Å². The first-order chi connectivity index (χ1) is 12.9. The highest BCUT2D eigenvalue weighted by molar-refractivity contribution is 7.71. The maximum atomic E-state index is 11.0. The Morgan fingerprint density at radius 2 is 2.04 bits per heavy atom. The molecule has 0 amide bonds. The lowest BCUT2D eigenvalue weighted by molar-refractivity contribution is 0.289. The maximum Gasteiger partial charge on any atom is 0.199 e. The van der Waals surface area contributed by atoms with Gasteiger partial charge in [0.2, 0.25) is 0 Å². The second-order valence-corrected chi connectivity index (χ2v) is 7.22. The van der Waals surface area contributed by atoms with Crippen LogP contribution in [0.1, 0.15) is 42.3 Å². The van der Waals surface area contributed by atoms with E-state index in [0.29, 0.717) is 16.3 Å². The number of aromatic nitrogens is 3. The first kappa shape index (κ1) is 19.0. The average molecular weight is 382 g/mol. The summed E-state index contributed by atoms with van der Waals surface area (Å²) in [5.74, 6) is 1.59. The molecule has 0 fully saturated rings. The fourth-order valence-corrected chi connectivity index (χ4v) is 3.22. The molecule has 1 aromatic heterocycles. The fourth-order valence-electron chi connectivity index (χ4n) is 2.96. The van der Waals surface area contributed by atoms with Crippen LogP contribution >= 0.6 is 12.2 Å². The average Bonchev–Trinajstić information content (AvgIpc) is 3.00. The first-order valence-electron chi connectivity index (χ1n) is 8.74. The molecule has 7 heteroatoms. The first-order valence-corrected chi connectivity index (χ1v) is 9.15. The van der Waals surface area contributed by atoms with E-state index in [9.17, 15) is 4.91 Å². The van der Waals surface area contributed by atoms with Crippen molar-refractivity contribution in [3.8, 4) is 11.4 Å². The van der Waals surface area contributed by atoms with Gasteiger partial charge in [-0.15, -0.1) is 4.91 Å². The third-order valence-electron chi connectivity index (χ3n) is 4.41. The summed E-state index contributed by atoms with van der Waals surface area (Å²) in [6, 6.07) is 11.7. The Labute approximate surface area is 163 Å². The van der Waals surface area contributed by atoms with Crippen LogP contribution in [0.5, 0.6) is 5.75 Å². The van der Waals surface area contributed by atoms with Gasteiger partial charge in [-0.05, 0) is 78.1 Å². The monoisotopic (exact) mass is 382 g/mol. The third kappa shape index (κ3) is 3.98. The molecule has 0 saturated carbocycles. The number of rotatable bonds is 6. The van der Waals surface area contributed by atoms with Gasteiger partial charge in [0, 0.05) is 0 Å². The van der Waals surface area contributed by atoms with Crippen LogP contribution in [-0.2, 0) is 6.61 Å². The van der Waals surface area contributed by atoms with Crippen molar-refractivity contribution >= 4 is 17.9 Å². The molecule has 6 nitrogen and oxygen atoms in total. The summed E-state index contributed by atoms with van der Waals surface area (Å²) in [5, 5.41) is 10.3. The summed E-state index contributed by atoms with van der Waals surface area (Å²) in [5.41, 5.74) is 4.23. The molecule has 0 unspecified atom stereocenters. The van der Waals surface area contributed by atoms with Crippen molar-refractivity contribution in [1.82, 2.24) is 14.8 Å². The number of H-pyrrole nitrogens is 1. The summed E-state index contributed by atoms with van der Waals surface area (Å²) in [6.07, 6.45) is 0. The normalized spacial score (nSPS) is 11.0. The topological polar surface area (TPSA) is 72.3 Å². The summed E-state index contributed by atoms with van der Waals surface area (Å²) in [4.78, 5) is 11.0. The van der Waals surface area contributed by atoms with Crippen LogP contribution in [-0.4, -0.2) is 14.8 Å². The van der Waals surface area contributed by atoms with E-state index in [1.165, 1.54) is 0 Å². The summed E-state index contributed by atoms with van der Waals surface area (Å²) >= 11 is 5.39. The standard InChI is InChI=1S/C20H22N4O2S/c1-12(2)16-10-17(23-25)14(4)9-18(16)26-11-19-21-22-20(27)24(19)15-7-5-6-13(3)8-15/h5-10,12H,11H2,1-4H3,(H,22,27). The predicted octanol–water partition coefficient (Wildman–Crippen LogP) is 5.65. The molecule has 0 atom stereocenters. The van der Waals surface area contributed by atoms with Crippen LogP contribution in [0.2, 0.25) is 0 Å². The predicted molar refractivity (Wildman–Crippen MR) is 109 cm³/mol. The van der Waals surface area contributed by atoms with Crippen molar-refractivity contribution in [1.29, 1.82) is 0 Å². The van der Waals surface area contributed by atoms with E-state index >= 15 is 0 Å². The molecule has 3 aromatic rings. The molecule has 27 heavy (non-hydrogen) atoms. The van der Waals surface area contributed by atoms with Gasteiger partial charge in [-0.25, -0.2) is 0 Å². The zero-order valence-electron chi connectivity index (χ0n) is 15.8. The number of hydrogen-bond donors (Lipinski definition) is 1. The molecule has 3 rings (SSSR count). The number of benzene rings is 2. The number of aryl methyl sites for hydroxylation is 2. The zero-order chi connectivity index (χ0) is 19.6. The van der Waals surface area contributed by atoms with Gasteiger partial charge in [-0.2, -0.15) is 5.10 Å². The van der Waals surface area contributed by atoms with Crippen molar-refractivity contribution in [2.75, 3.05) is 0 Å². The molecular formula is C20H22N4O2S. The summed E-state index contributed by atoms with van der Waals surface area (Å²) in [7, 11) is 0. The van der Waals surface area contributed by atoms with Gasteiger partial charge < -0.3 is 4.74 Å². The Bertz CT molecular complexity index is 1040. The van der Waals surface area contributed by atoms with Gasteiger partial charge in [0.1, 0.15) is 18.0 Å². The third-order valence-corrected chi connectivity index (χ3v) is 4.68. The molecule has 0 bridgehead atoms. The Hall–Kier alpha value is -2.80. The van der Waals surface area contributed by atoms with Gasteiger partial charge in [0.25, 0.3) is 0 Å². The highest BCUT2D eigenvalue weighted by Gasteiger charge is 2.15. The van der Waals surface area contributed by atoms with Crippen molar-refractivity contribution in [3.63, 3.8) is 0 Å². The van der Waals surface area contributed by atoms with Crippen LogP contribution in [0.25, 0.3) is 5.69 Å². The highest BCUT2D eigenvalue weighted by Crippen LogP contribution is 2.34. The lowest BCUT2D eigenvalue weighted by atomic mass is 9.99. The highest BCUT2D eigenvalue weighted by atomic mass is 32.1. The van der Waals surface area contributed by atoms with Crippen molar-refractivity contribution in [2.24, 2.45) is 5.18 Å². The number of nitrogens with zero attached hydrogens (tertiary/aromatic N) is 3. The second kappa shape index (κ2) is 7.84. The van der Waals surface area contributed by atoms with Gasteiger partial charge in [-0.1, -0.05) is 26.0 Å². The minimum absolute atomic E-state index is 0.193. The van der Waals surface area contributed by atoms with Gasteiger partial charge >= 0.3 is 0 Å². The second-order valence-electron chi connectivity index (χ2n) is 6.83. The molecule has 1 N–H and O–H groups in total. The van der Waals surface area contributed by atoms with Crippen LogP contribution in [0.3, 0.4) is 0 Å². The zero-order valence-corrected chi connectivity index (χ0v) is 16.6. The Kier molecular flexibility index (Phi) is 5.51. The van der Waals surface area contributed by atoms with Crippen LogP contribution in [0.4, 0.5) is 5.69 Å². The van der Waals surface area contributed by atoms with Gasteiger partial charge in [-0.3, -0.25) is 9.67 Å². The van der Waals surface area contributed by atoms with Crippen molar-refractivity contribution in [3.05, 3.63) is 68.6 Å². The summed E-state index contributed by atoms with van der Waals surface area (Å²) in [6.45, 7) is 8.22. The molecule has 0 saturated heterocycles. The molecular weight excluding hydrogens is 360 g/mol.